The number of imidazole rings is 1. The van der Waals surface area contributed by atoms with Gasteiger partial charge in [0, 0.05) is 31.9 Å². The number of hydrogen-bond donors (Lipinski definition) is 3. The van der Waals surface area contributed by atoms with Crippen LogP contribution in [0.4, 0.5) is 11.6 Å². The van der Waals surface area contributed by atoms with Crippen LogP contribution < -0.4 is 16.6 Å². The van der Waals surface area contributed by atoms with E-state index in [2.05, 4.69) is 21.3 Å². The first-order valence-electron chi connectivity index (χ1n) is 11.7. The second-order valence-electron chi connectivity index (χ2n) is 8.99. The highest BCUT2D eigenvalue weighted by molar-refractivity contribution is 6.39. The van der Waals surface area contributed by atoms with Gasteiger partial charge >= 0.3 is 0 Å². The van der Waals surface area contributed by atoms with Gasteiger partial charge in [0.1, 0.15) is 0 Å². The number of fused-ring (bicyclic) bond motifs is 3. The van der Waals surface area contributed by atoms with Gasteiger partial charge in [-0.05, 0) is 61.5 Å². The number of hydrogen-bond acceptors (Lipinski definition) is 5. The molecule has 0 bridgehead atoms. The van der Waals surface area contributed by atoms with E-state index in [4.69, 9.17) is 33.9 Å². The molecular formula is C26H28Cl2N6O. The van der Waals surface area contributed by atoms with E-state index in [1.165, 1.54) is 6.42 Å². The minimum Gasteiger partial charge on any atom is -0.329 e. The number of nitrogens with zero attached hydrogens (tertiary/aromatic N) is 3. The van der Waals surface area contributed by atoms with Crippen molar-refractivity contribution < 1.29 is 0 Å². The lowest BCUT2D eigenvalue weighted by molar-refractivity contribution is 0.286. The molecule has 2 aromatic heterocycles. The molecule has 1 aliphatic heterocycles. The third-order valence-electron chi connectivity index (χ3n) is 6.91. The summed E-state index contributed by atoms with van der Waals surface area (Å²) in [6, 6.07) is 9.65. The number of aromatic nitrogens is 3. The maximum absolute atomic E-state index is 13.3. The van der Waals surface area contributed by atoms with Crippen LogP contribution in [0.5, 0.6) is 0 Å². The van der Waals surface area contributed by atoms with Gasteiger partial charge in [-0.3, -0.25) is 9.69 Å². The van der Waals surface area contributed by atoms with Crippen LogP contribution in [-0.2, 0) is 7.05 Å². The van der Waals surface area contributed by atoms with Crippen molar-refractivity contribution in [3.63, 3.8) is 0 Å². The maximum Gasteiger partial charge on any atom is 0.258 e. The largest absolute Gasteiger partial charge is 0.329 e. The highest BCUT2D eigenvalue weighted by Crippen LogP contribution is 2.34. The van der Waals surface area contributed by atoms with Crippen LogP contribution in [0.2, 0.25) is 10.0 Å². The number of nitrogens with one attached hydrogen (secondary N) is 2. The van der Waals surface area contributed by atoms with Crippen molar-refractivity contribution in [1.29, 1.82) is 0 Å². The molecule has 3 heterocycles. The number of aromatic amines is 1. The summed E-state index contributed by atoms with van der Waals surface area (Å²) in [4.78, 5) is 23.5. The summed E-state index contributed by atoms with van der Waals surface area (Å²) in [5, 5.41) is 5.71. The number of likely N-dealkylation sites (tertiary alicyclic amines) is 1. The van der Waals surface area contributed by atoms with Crippen LogP contribution >= 0.6 is 23.2 Å². The Hall–Kier alpha value is -2.84. The number of pyridine rings is 1. The Morgan fingerprint density at radius 3 is 2.77 bits per heavy atom. The van der Waals surface area contributed by atoms with E-state index >= 15 is 0 Å². The predicted octanol–water partition coefficient (Wildman–Crippen LogP) is 5.21. The van der Waals surface area contributed by atoms with E-state index in [-0.39, 0.29) is 5.56 Å². The van der Waals surface area contributed by atoms with Crippen LogP contribution in [0, 0.1) is 6.92 Å². The molecule has 1 saturated heterocycles. The van der Waals surface area contributed by atoms with Gasteiger partial charge in [0.2, 0.25) is 5.95 Å². The number of halogens is 2. The van der Waals surface area contributed by atoms with Gasteiger partial charge in [0.05, 0.1) is 32.2 Å². The van der Waals surface area contributed by atoms with Gasteiger partial charge in [-0.25, -0.2) is 4.98 Å². The van der Waals surface area contributed by atoms with E-state index in [0.29, 0.717) is 45.2 Å². The third kappa shape index (κ3) is 4.34. The Morgan fingerprint density at radius 2 is 2.03 bits per heavy atom. The molecule has 1 aliphatic rings. The molecule has 0 aliphatic carbocycles. The molecule has 1 fully saturated rings. The molecule has 5 rings (SSSR count). The maximum atomic E-state index is 13.3. The van der Waals surface area contributed by atoms with Gasteiger partial charge < -0.3 is 20.6 Å². The minimum absolute atomic E-state index is 0.151. The Kier molecular flexibility index (Phi) is 6.59. The topological polar surface area (TPSA) is 92.0 Å². The summed E-state index contributed by atoms with van der Waals surface area (Å²) < 4.78 is 1.86. The molecule has 182 valence electrons. The fourth-order valence-electron chi connectivity index (χ4n) is 4.99. The first-order valence-corrected chi connectivity index (χ1v) is 12.5. The lowest BCUT2D eigenvalue weighted by Crippen LogP contribution is -2.35. The van der Waals surface area contributed by atoms with E-state index in [9.17, 15) is 4.79 Å². The Balaban J connectivity index is 1.53. The molecule has 4 N–H and O–H groups in total. The predicted molar refractivity (Wildman–Crippen MR) is 146 cm³/mol. The van der Waals surface area contributed by atoms with Crippen molar-refractivity contribution in [3.8, 4) is 0 Å². The Bertz CT molecular complexity index is 1490. The number of aryl methyl sites for hydroxylation is 2. The number of benzene rings is 2. The second kappa shape index (κ2) is 9.66. The number of rotatable bonds is 6. The average Bonchev–Trinajstić information content (AvgIpc) is 3.43. The quantitative estimate of drug-likeness (QED) is 0.331. The zero-order valence-electron chi connectivity index (χ0n) is 19.7. The number of nitrogens with two attached hydrogens (primary N) is 1. The number of para-hydroxylation sites is 1. The zero-order valence-corrected chi connectivity index (χ0v) is 21.2. The summed E-state index contributed by atoms with van der Waals surface area (Å²) in [6.07, 6.45) is 6.44. The van der Waals surface area contributed by atoms with E-state index in [1.54, 1.807) is 18.2 Å². The highest BCUT2D eigenvalue weighted by atomic mass is 35.5. The monoisotopic (exact) mass is 510 g/mol. The smallest absolute Gasteiger partial charge is 0.258 e. The van der Waals surface area contributed by atoms with E-state index < -0.39 is 0 Å². The van der Waals surface area contributed by atoms with Gasteiger partial charge in [0.15, 0.2) is 0 Å². The molecule has 0 radical (unpaired) electrons. The first kappa shape index (κ1) is 23.9. The molecule has 7 nitrogen and oxygen atoms in total. The number of anilines is 2. The van der Waals surface area contributed by atoms with Gasteiger partial charge in [-0.2, -0.15) is 0 Å². The molecule has 0 unspecified atom stereocenters. The standard InChI is InChI=1S/C26H28Cl2N6O/c1-15-17-10-11-21-24(33(2)26(31-21)32-23-18(27)7-3-8-19(23)28)22(17)25(35)30-20(15)9-5-13-34-12-4-6-16(34)14-29/h3,5,7-11,16H,4,6,12-14,29H2,1-2H3,(H,30,35)(H,31,32)/t16-/m0/s1. The van der Waals surface area contributed by atoms with Crippen molar-refractivity contribution >= 4 is 62.7 Å². The van der Waals surface area contributed by atoms with Crippen LogP contribution in [0.25, 0.3) is 27.9 Å². The molecule has 0 spiro atoms. The first-order chi connectivity index (χ1) is 16.9. The lowest BCUT2D eigenvalue weighted by Gasteiger charge is -2.21. The van der Waals surface area contributed by atoms with Crippen molar-refractivity contribution in [1.82, 2.24) is 19.4 Å². The zero-order chi connectivity index (χ0) is 24.7. The molecule has 2 aromatic carbocycles. The Labute approximate surface area is 213 Å². The van der Waals surface area contributed by atoms with Crippen LogP contribution in [-0.4, -0.2) is 45.1 Å². The molecule has 0 amide bonds. The molecule has 35 heavy (non-hydrogen) atoms. The summed E-state index contributed by atoms with van der Waals surface area (Å²) >= 11 is 12.7. The summed E-state index contributed by atoms with van der Waals surface area (Å²) in [6.45, 7) is 4.59. The van der Waals surface area contributed by atoms with Crippen molar-refractivity contribution in [2.24, 2.45) is 12.8 Å². The number of H-pyrrole nitrogens is 1. The van der Waals surface area contributed by atoms with Crippen LogP contribution in [0.15, 0.2) is 41.2 Å². The van der Waals surface area contributed by atoms with Crippen LogP contribution in [0.3, 0.4) is 0 Å². The normalized spacial score (nSPS) is 16.8. The highest BCUT2D eigenvalue weighted by Gasteiger charge is 2.22. The van der Waals surface area contributed by atoms with Gasteiger partial charge in [0.25, 0.3) is 5.56 Å². The lowest BCUT2D eigenvalue weighted by atomic mass is 10.0. The molecular weight excluding hydrogens is 483 g/mol. The van der Waals surface area contributed by atoms with Gasteiger partial charge in [-0.15, -0.1) is 0 Å². The molecule has 0 saturated carbocycles. The fraction of sp³-hybridized carbons (Fsp3) is 0.308. The second-order valence-corrected chi connectivity index (χ2v) is 9.81. The van der Waals surface area contributed by atoms with Crippen LogP contribution in [0.1, 0.15) is 24.1 Å². The Morgan fingerprint density at radius 1 is 1.26 bits per heavy atom. The SMILES string of the molecule is Cc1c(C=CCN2CCC[C@H]2CN)[nH]c(=O)c2c1ccc1nc(Nc3c(Cl)cccc3Cl)n(C)c12. The molecule has 1 atom stereocenters. The van der Waals surface area contributed by atoms with Crippen molar-refractivity contribution in [2.75, 3.05) is 25.0 Å². The van der Waals surface area contributed by atoms with Gasteiger partial charge in [-0.1, -0.05) is 41.4 Å². The molecule has 4 aromatic rings. The summed E-state index contributed by atoms with van der Waals surface area (Å²) in [5.41, 5.74) is 9.60. The summed E-state index contributed by atoms with van der Waals surface area (Å²) in [7, 11) is 1.87. The molecule has 9 heteroatoms. The minimum atomic E-state index is -0.151. The van der Waals surface area contributed by atoms with E-state index in [1.807, 2.05) is 36.7 Å². The fourth-order valence-corrected chi connectivity index (χ4v) is 5.48. The van der Waals surface area contributed by atoms with E-state index in [0.717, 1.165) is 41.7 Å². The third-order valence-corrected chi connectivity index (χ3v) is 7.54. The van der Waals surface area contributed by atoms with Crippen molar-refractivity contribution in [3.05, 3.63) is 68.1 Å². The van der Waals surface area contributed by atoms with Crippen molar-refractivity contribution in [2.45, 2.75) is 25.8 Å². The summed E-state index contributed by atoms with van der Waals surface area (Å²) in [5.74, 6) is 0.545. The average molecular weight is 511 g/mol.